The first-order valence-electron chi connectivity index (χ1n) is 7.55. The molecule has 1 N–H and O–H groups in total. The van der Waals surface area contributed by atoms with E-state index < -0.39 is 11.4 Å². The summed E-state index contributed by atoms with van der Waals surface area (Å²) in [6, 6.07) is 0.490. The molecule has 0 atom stereocenters. The summed E-state index contributed by atoms with van der Waals surface area (Å²) < 4.78 is 5.38. The van der Waals surface area contributed by atoms with Gasteiger partial charge in [-0.05, 0) is 51.5 Å². The Kier molecular flexibility index (Phi) is 4.85. The lowest BCUT2D eigenvalue weighted by molar-refractivity contribution is -0.153. The van der Waals surface area contributed by atoms with Crippen molar-refractivity contribution in [1.82, 2.24) is 4.90 Å². The van der Waals surface area contributed by atoms with E-state index >= 15 is 0 Å². The molecule has 0 aromatic rings. The van der Waals surface area contributed by atoms with Gasteiger partial charge in [-0.2, -0.15) is 0 Å². The van der Waals surface area contributed by atoms with Crippen LogP contribution in [-0.4, -0.2) is 48.8 Å². The molecule has 0 bridgehead atoms. The molecule has 1 heterocycles. The molecule has 110 valence electrons. The van der Waals surface area contributed by atoms with Crippen LogP contribution >= 0.6 is 0 Å². The van der Waals surface area contributed by atoms with Crippen LogP contribution in [0.15, 0.2) is 0 Å². The minimum atomic E-state index is -0.599. The largest absolute Gasteiger partial charge is 0.481 e. The van der Waals surface area contributed by atoms with Crippen molar-refractivity contribution in [1.29, 1.82) is 0 Å². The average molecular weight is 269 g/mol. The second-order valence-electron chi connectivity index (χ2n) is 6.53. The summed E-state index contributed by atoms with van der Waals surface area (Å²) in [5.41, 5.74) is -0.514. The number of hydrogen-bond donors (Lipinski definition) is 1. The van der Waals surface area contributed by atoms with Crippen LogP contribution in [0.5, 0.6) is 0 Å². The van der Waals surface area contributed by atoms with Crippen LogP contribution < -0.4 is 0 Å². The summed E-state index contributed by atoms with van der Waals surface area (Å²) >= 11 is 0. The molecule has 0 radical (unpaired) electrons. The van der Waals surface area contributed by atoms with E-state index in [9.17, 15) is 9.90 Å². The maximum absolute atomic E-state index is 11.7. The minimum absolute atomic E-state index is 0.490. The lowest BCUT2D eigenvalue weighted by Gasteiger charge is -2.41. The van der Waals surface area contributed by atoms with Gasteiger partial charge in [-0.1, -0.05) is 6.92 Å². The molecule has 4 heteroatoms. The van der Waals surface area contributed by atoms with Gasteiger partial charge in [0.25, 0.3) is 0 Å². The molecular weight excluding hydrogens is 242 g/mol. The Morgan fingerprint density at radius 1 is 1.26 bits per heavy atom. The summed E-state index contributed by atoms with van der Waals surface area (Å²) in [5, 5.41) is 9.67. The lowest BCUT2D eigenvalue weighted by atomic mass is 9.70. The highest BCUT2D eigenvalue weighted by atomic mass is 16.5. The number of carboxylic acid groups (broad SMARTS) is 1. The van der Waals surface area contributed by atoms with Gasteiger partial charge < -0.3 is 14.7 Å². The molecule has 2 aliphatic rings. The first kappa shape index (κ1) is 14.8. The molecule has 1 saturated heterocycles. The molecule has 0 amide bonds. The molecule has 4 nitrogen and oxygen atoms in total. The van der Waals surface area contributed by atoms with Crippen LogP contribution in [0.1, 0.15) is 45.4 Å². The summed E-state index contributed by atoms with van der Waals surface area (Å²) in [4.78, 5) is 14.0. The van der Waals surface area contributed by atoms with E-state index in [0.29, 0.717) is 18.5 Å². The highest BCUT2D eigenvalue weighted by Gasteiger charge is 2.42. The van der Waals surface area contributed by atoms with E-state index in [0.717, 1.165) is 51.7 Å². The Balaban J connectivity index is 1.98. The maximum atomic E-state index is 11.7. The van der Waals surface area contributed by atoms with Gasteiger partial charge in [0.2, 0.25) is 0 Å². The van der Waals surface area contributed by atoms with Crippen molar-refractivity contribution in [3.05, 3.63) is 0 Å². The topological polar surface area (TPSA) is 49.8 Å². The third-order valence-electron chi connectivity index (χ3n) is 5.05. The van der Waals surface area contributed by atoms with Crippen molar-refractivity contribution in [2.24, 2.45) is 11.3 Å². The van der Waals surface area contributed by atoms with Gasteiger partial charge in [-0.15, -0.1) is 0 Å². The first-order valence-corrected chi connectivity index (χ1v) is 7.55. The van der Waals surface area contributed by atoms with Gasteiger partial charge in [0.1, 0.15) is 0 Å². The van der Waals surface area contributed by atoms with Crippen LogP contribution in [0.3, 0.4) is 0 Å². The van der Waals surface area contributed by atoms with Crippen LogP contribution in [0.2, 0.25) is 0 Å². The molecule has 1 aliphatic carbocycles. The number of carboxylic acids is 1. The second kappa shape index (κ2) is 6.23. The maximum Gasteiger partial charge on any atom is 0.310 e. The third-order valence-corrected chi connectivity index (χ3v) is 5.05. The molecule has 0 unspecified atom stereocenters. The Hall–Kier alpha value is -0.610. The summed E-state index contributed by atoms with van der Waals surface area (Å²) in [5.74, 6) is 0.0826. The number of ether oxygens (including phenoxy) is 1. The molecule has 1 saturated carbocycles. The molecule has 2 rings (SSSR count). The molecule has 0 spiro atoms. The zero-order valence-corrected chi connectivity index (χ0v) is 12.2. The Morgan fingerprint density at radius 2 is 1.84 bits per heavy atom. The highest BCUT2D eigenvalue weighted by molar-refractivity contribution is 5.75. The smallest absolute Gasteiger partial charge is 0.310 e. The fourth-order valence-corrected chi connectivity index (χ4v) is 3.49. The fourth-order valence-electron chi connectivity index (χ4n) is 3.49. The third kappa shape index (κ3) is 3.48. The van der Waals surface area contributed by atoms with Crippen molar-refractivity contribution in [3.63, 3.8) is 0 Å². The number of aliphatic carboxylic acids is 1. The van der Waals surface area contributed by atoms with Crippen molar-refractivity contribution in [3.8, 4) is 0 Å². The quantitative estimate of drug-likeness (QED) is 0.851. The van der Waals surface area contributed by atoms with Crippen molar-refractivity contribution in [2.75, 3.05) is 26.8 Å². The second-order valence-corrected chi connectivity index (χ2v) is 6.53. The summed E-state index contributed by atoms with van der Waals surface area (Å²) in [6.45, 7) is 4.55. The standard InChI is InChI=1S/C15H27NO3/c1-12-3-7-15(8-4-12,14(17)18)11-16(2)13-5-9-19-10-6-13/h12-13H,3-11H2,1-2H3,(H,17,18). The molecular formula is C15H27NO3. The first-order chi connectivity index (χ1) is 9.03. The van der Waals surface area contributed by atoms with E-state index in [-0.39, 0.29) is 0 Å². The lowest BCUT2D eigenvalue weighted by Crippen LogP contribution is -2.48. The van der Waals surface area contributed by atoms with Crippen molar-refractivity contribution < 1.29 is 14.6 Å². The molecule has 0 aromatic heterocycles. The van der Waals surface area contributed by atoms with Crippen LogP contribution in [0, 0.1) is 11.3 Å². The highest BCUT2D eigenvalue weighted by Crippen LogP contribution is 2.40. The summed E-state index contributed by atoms with van der Waals surface area (Å²) in [7, 11) is 2.08. The molecule has 2 fully saturated rings. The number of nitrogens with zero attached hydrogens (tertiary/aromatic N) is 1. The van der Waals surface area contributed by atoms with E-state index in [1.807, 2.05) is 0 Å². The van der Waals surface area contributed by atoms with Crippen LogP contribution in [-0.2, 0) is 9.53 Å². The number of carbonyl (C=O) groups is 1. The van der Waals surface area contributed by atoms with Crippen LogP contribution in [0.25, 0.3) is 0 Å². The van der Waals surface area contributed by atoms with E-state index in [2.05, 4.69) is 18.9 Å². The molecule has 19 heavy (non-hydrogen) atoms. The van der Waals surface area contributed by atoms with Gasteiger partial charge in [0, 0.05) is 25.8 Å². The number of hydrogen-bond acceptors (Lipinski definition) is 3. The molecule has 0 aromatic carbocycles. The Labute approximate surface area is 116 Å². The predicted octanol–water partition coefficient (Wildman–Crippen LogP) is 2.38. The normalized spacial score (nSPS) is 33.5. The molecule has 1 aliphatic heterocycles. The van der Waals surface area contributed by atoms with Gasteiger partial charge >= 0.3 is 5.97 Å². The monoisotopic (exact) mass is 269 g/mol. The minimum Gasteiger partial charge on any atom is -0.481 e. The van der Waals surface area contributed by atoms with Crippen molar-refractivity contribution in [2.45, 2.75) is 51.5 Å². The fraction of sp³-hybridized carbons (Fsp3) is 0.933. The van der Waals surface area contributed by atoms with Gasteiger partial charge in [0.05, 0.1) is 5.41 Å². The Morgan fingerprint density at radius 3 is 2.37 bits per heavy atom. The zero-order chi connectivity index (χ0) is 13.9. The van der Waals surface area contributed by atoms with Crippen LogP contribution in [0.4, 0.5) is 0 Å². The predicted molar refractivity (Wildman–Crippen MR) is 74.2 cm³/mol. The van der Waals surface area contributed by atoms with Gasteiger partial charge in [-0.25, -0.2) is 0 Å². The van der Waals surface area contributed by atoms with Gasteiger partial charge in [0.15, 0.2) is 0 Å². The number of rotatable bonds is 4. The van der Waals surface area contributed by atoms with Crippen molar-refractivity contribution >= 4 is 5.97 Å². The van der Waals surface area contributed by atoms with E-state index in [1.54, 1.807) is 0 Å². The zero-order valence-electron chi connectivity index (χ0n) is 12.2. The van der Waals surface area contributed by atoms with E-state index in [1.165, 1.54) is 0 Å². The summed E-state index contributed by atoms with van der Waals surface area (Å²) in [6.07, 6.45) is 5.82. The van der Waals surface area contributed by atoms with Gasteiger partial charge in [-0.3, -0.25) is 4.79 Å². The SMILES string of the molecule is CC1CCC(CN(C)C2CCOCC2)(C(=O)O)CC1. The Bertz CT molecular complexity index is 305. The average Bonchev–Trinajstić information content (AvgIpc) is 2.42. The van der Waals surface area contributed by atoms with E-state index in [4.69, 9.17) is 4.74 Å².